The predicted molar refractivity (Wildman–Crippen MR) is 70.1 cm³/mol. The van der Waals surface area contributed by atoms with Gasteiger partial charge in [-0.15, -0.1) is 11.3 Å². The van der Waals surface area contributed by atoms with Crippen LogP contribution in [-0.4, -0.2) is 34.6 Å². The van der Waals surface area contributed by atoms with Crippen LogP contribution in [0.15, 0.2) is 6.07 Å². The Morgan fingerprint density at radius 3 is 2.82 bits per heavy atom. The molecule has 2 heterocycles. The number of thiophene rings is 1. The predicted octanol–water partition coefficient (Wildman–Crippen LogP) is 3.04. The molecule has 1 atom stereocenters. The Morgan fingerprint density at radius 2 is 2.29 bits per heavy atom. The molecule has 0 aliphatic carbocycles. The van der Waals surface area contributed by atoms with Crippen LogP contribution in [0.1, 0.15) is 30.1 Å². The Kier molecular flexibility index (Phi) is 3.69. The van der Waals surface area contributed by atoms with E-state index in [1.165, 1.54) is 11.3 Å². The molecule has 1 aliphatic rings. The smallest absolute Gasteiger partial charge is 0.256 e. The number of aliphatic hydroxyl groups is 1. The Labute approximate surface area is 114 Å². The first kappa shape index (κ1) is 13.1. The Morgan fingerprint density at radius 1 is 1.59 bits per heavy atom. The SMILES string of the molecule is CC1(O)CCCN(C(=O)c2cc(Cl)sc2Cl)C1. The van der Waals surface area contributed by atoms with Crippen molar-refractivity contribution in [3.63, 3.8) is 0 Å². The lowest BCUT2D eigenvalue weighted by atomic mass is 9.95. The zero-order valence-electron chi connectivity index (χ0n) is 9.37. The lowest BCUT2D eigenvalue weighted by Crippen LogP contribution is -2.48. The van der Waals surface area contributed by atoms with Crippen molar-refractivity contribution in [1.29, 1.82) is 0 Å². The normalized spacial score (nSPS) is 25.1. The van der Waals surface area contributed by atoms with Gasteiger partial charge in [0.05, 0.1) is 15.5 Å². The van der Waals surface area contributed by atoms with Crippen molar-refractivity contribution in [2.45, 2.75) is 25.4 Å². The maximum absolute atomic E-state index is 12.2. The van der Waals surface area contributed by atoms with Crippen LogP contribution in [-0.2, 0) is 0 Å². The zero-order valence-corrected chi connectivity index (χ0v) is 11.7. The molecule has 1 saturated heterocycles. The van der Waals surface area contributed by atoms with Crippen molar-refractivity contribution in [2.75, 3.05) is 13.1 Å². The fourth-order valence-electron chi connectivity index (χ4n) is 2.05. The van der Waals surface area contributed by atoms with Crippen LogP contribution in [0.4, 0.5) is 0 Å². The van der Waals surface area contributed by atoms with Crippen molar-refractivity contribution in [1.82, 2.24) is 4.90 Å². The van der Waals surface area contributed by atoms with E-state index < -0.39 is 5.60 Å². The van der Waals surface area contributed by atoms with Crippen molar-refractivity contribution < 1.29 is 9.90 Å². The minimum absolute atomic E-state index is 0.155. The molecule has 1 amide bonds. The minimum Gasteiger partial charge on any atom is -0.388 e. The second-order valence-corrected chi connectivity index (χ2v) is 6.85. The maximum Gasteiger partial charge on any atom is 0.256 e. The number of nitrogens with zero attached hydrogens (tertiary/aromatic N) is 1. The summed E-state index contributed by atoms with van der Waals surface area (Å²) >= 11 is 13.0. The quantitative estimate of drug-likeness (QED) is 0.865. The first-order valence-electron chi connectivity index (χ1n) is 5.35. The molecule has 1 fully saturated rings. The van der Waals surface area contributed by atoms with E-state index in [4.69, 9.17) is 23.2 Å². The van der Waals surface area contributed by atoms with E-state index in [0.717, 1.165) is 12.8 Å². The molecule has 1 unspecified atom stereocenters. The average Bonchev–Trinajstić information content (AvgIpc) is 2.55. The summed E-state index contributed by atoms with van der Waals surface area (Å²) in [6, 6.07) is 1.58. The third-order valence-corrected chi connectivity index (χ3v) is 4.34. The average molecular weight is 294 g/mol. The van der Waals surface area contributed by atoms with Gasteiger partial charge in [0.15, 0.2) is 0 Å². The molecular formula is C11H13Cl2NO2S. The maximum atomic E-state index is 12.2. The van der Waals surface area contributed by atoms with Gasteiger partial charge in [-0.05, 0) is 25.8 Å². The Balaban J connectivity index is 2.18. The Bertz CT molecular complexity index is 445. The fraction of sp³-hybridized carbons (Fsp3) is 0.545. The van der Waals surface area contributed by atoms with Gasteiger partial charge in [0, 0.05) is 13.1 Å². The molecule has 1 aliphatic heterocycles. The van der Waals surface area contributed by atoms with Gasteiger partial charge in [-0.25, -0.2) is 0 Å². The minimum atomic E-state index is -0.805. The van der Waals surface area contributed by atoms with Crippen LogP contribution >= 0.6 is 34.5 Å². The standard InChI is InChI=1S/C11H13Cl2NO2S/c1-11(16)3-2-4-14(6-11)10(15)7-5-8(12)17-9(7)13/h5,16H,2-4,6H2,1H3. The highest BCUT2D eigenvalue weighted by molar-refractivity contribution is 7.20. The Hall–Kier alpha value is -0.290. The summed E-state index contributed by atoms with van der Waals surface area (Å²) in [6.45, 7) is 2.74. The van der Waals surface area contributed by atoms with E-state index in [1.807, 2.05) is 0 Å². The van der Waals surface area contributed by atoms with Crippen molar-refractivity contribution >= 4 is 40.4 Å². The highest BCUT2D eigenvalue weighted by Crippen LogP contribution is 2.33. The van der Waals surface area contributed by atoms with E-state index in [1.54, 1.807) is 17.9 Å². The van der Waals surface area contributed by atoms with Crippen LogP contribution in [0, 0.1) is 0 Å². The van der Waals surface area contributed by atoms with Crippen LogP contribution in [0.2, 0.25) is 8.67 Å². The summed E-state index contributed by atoms with van der Waals surface area (Å²) < 4.78 is 0.910. The van der Waals surface area contributed by atoms with Crippen LogP contribution in [0.25, 0.3) is 0 Å². The molecule has 94 valence electrons. The third-order valence-electron chi connectivity index (χ3n) is 2.85. The largest absolute Gasteiger partial charge is 0.388 e. The second-order valence-electron chi connectivity index (χ2n) is 4.57. The first-order valence-corrected chi connectivity index (χ1v) is 6.93. The van der Waals surface area contributed by atoms with E-state index in [-0.39, 0.29) is 5.91 Å². The van der Waals surface area contributed by atoms with E-state index in [9.17, 15) is 9.90 Å². The molecule has 0 saturated carbocycles. The van der Waals surface area contributed by atoms with Gasteiger partial charge >= 0.3 is 0 Å². The highest BCUT2D eigenvalue weighted by atomic mass is 35.5. The number of β-amino-alcohol motifs (C(OH)–C–C–N with tert-alkyl or cyclic N) is 1. The number of piperidine rings is 1. The van der Waals surface area contributed by atoms with E-state index >= 15 is 0 Å². The van der Waals surface area contributed by atoms with Crippen molar-refractivity contribution in [3.8, 4) is 0 Å². The number of hydrogen-bond acceptors (Lipinski definition) is 3. The number of rotatable bonds is 1. The fourth-order valence-corrected chi connectivity index (χ4v) is 3.50. The number of halogens is 2. The second kappa shape index (κ2) is 4.76. The van der Waals surface area contributed by atoms with Gasteiger partial charge < -0.3 is 10.0 Å². The lowest BCUT2D eigenvalue weighted by molar-refractivity contribution is -0.0107. The van der Waals surface area contributed by atoms with Gasteiger partial charge in [0.25, 0.3) is 5.91 Å². The van der Waals surface area contributed by atoms with Crippen LogP contribution < -0.4 is 0 Å². The number of carbonyl (C=O) groups is 1. The highest BCUT2D eigenvalue weighted by Gasteiger charge is 2.32. The third kappa shape index (κ3) is 2.94. The summed E-state index contributed by atoms with van der Waals surface area (Å²) in [6.07, 6.45) is 1.52. The molecule has 0 aromatic carbocycles. The number of likely N-dealkylation sites (tertiary alicyclic amines) is 1. The molecular weight excluding hydrogens is 281 g/mol. The van der Waals surface area contributed by atoms with Gasteiger partial charge in [-0.1, -0.05) is 23.2 Å². The van der Waals surface area contributed by atoms with Gasteiger partial charge in [-0.2, -0.15) is 0 Å². The van der Waals surface area contributed by atoms with Crippen molar-refractivity contribution in [2.24, 2.45) is 0 Å². The number of hydrogen-bond donors (Lipinski definition) is 1. The molecule has 3 nitrogen and oxygen atoms in total. The number of amides is 1. The summed E-state index contributed by atoms with van der Waals surface area (Å²) in [5.74, 6) is -0.155. The monoisotopic (exact) mass is 293 g/mol. The first-order chi connectivity index (χ1) is 7.89. The molecule has 0 bridgehead atoms. The molecule has 6 heteroatoms. The summed E-state index contributed by atoms with van der Waals surface area (Å²) in [5, 5.41) is 9.96. The molecule has 2 rings (SSSR count). The molecule has 1 N–H and O–H groups in total. The topological polar surface area (TPSA) is 40.5 Å². The zero-order chi connectivity index (χ0) is 12.6. The molecule has 0 spiro atoms. The summed E-state index contributed by atoms with van der Waals surface area (Å²) in [4.78, 5) is 13.8. The van der Waals surface area contributed by atoms with Crippen LogP contribution in [0.5, 0.6) is 0 Å². The van der Waals surface area contributed by atoms with Crippen LogP contribution in [0.3, 0.4) is 0 Å². The van der Waals surface area contributed by atoms with Gasteiger partial charge in [-0.3, -0.25) is 4.79 Å². The van der Waals surface area contributed by atoms with Gasteiger partial charge in [0.1, 0.15) is 4.34 Å². The van der Waals surface area contributed by atoms with Crippen molar-refractivity contribution in [3.05, 3.63) is 20.3 Å². The van der Waals surface area contributed by atoms with E-state index in [0.29, 0.717) is 27.3 Å². The molecule has 1 aromatic heterocycles. The molecule has 17 heavy (non-hydrogen) atoms. The van der Waals surface area contributed by atoms with E-state index in [2.05, 4.69) is 0 Å². The van der Waals surface area contributed by atoms with Gasteiger partial charge in [0.2, 0.25) is 0 Å². The summed E-state index contributed by atoms with van der Waals surface area (Å²) in [7, 11) is 0. The number of carbonyl (C=O) groups excluding carboxylic acids is 1. The molecule has 1 aromatic rings. The lowest BCUT2D eigenvalue weighted by Gasteiger charge is -2.36. The summed E-state index contributed by atoms with van der Waals surface area (Å²) in [5.41, 5.74) is -0.375. The molecule has 0 radical (unpaired) electrons.